The van der Waals surface area contributed by atoms with Crippen LogP contribution < -0.4 is 10.2 Å². The maximum absolute atomic E-state index is 14.8. The largest absolute Gasteiger partial charge is 0.460 e. The summed E-state index contributed by atoms with van der Waals surface area (Å²) in [6, 6.07) is 2.97. The first kappa shape index (κ1) is 30.0. The molecule has 1 aromatic rings. The molecule has 1 rings (SSSR count). The van der Waals surface area contributed by atoms with Gasteiger partial charge in [0.2, 0.25) is 0 Å². The number of hydrogen-bond acceptors (Lipinski definition) is 6. The number of alkyl halides is 2. The summed E-state index contributed by atoms with van der Waals surface area (Å²) in [7, 11) is 0. The van der Waals surface area contributed by atoms with Crippen molar-refractivity contribution in [2.75, 3.05) is 29.7 Å². The Morgan fingerprint density at radius 3 is 2.03 bits per heavy atom. The summed E-state index contributed by atoms with van der Waals surface area (Å²) in [5.74, 6) is -2.16. The number of carbonyl (C=O) groups excluding carboxylic acids is 3. The Labute approximate surface area is 211 Å². The van der Waals surface area contributed by atoms with Gasteiger partial charge in [-0.25, -0.2) is 9.18 Å². The molecule has 1 amide bonds. The SMILES string of the molecule is CC(C)(C)OC(=O)CCC(NC(=O)c1ccc(N(CCCl)CCCl)cc1F)C(=O)OC(C)(C)C. The van der Waals surface area contributed by atoms with Crippen LogP contribution in [0.3, 0.4) is 0 Å². The number of carbonyl (C=O) groups is 3. The molecule has 1 aromatic carbocycles. The van der Waals surface area contributed by atoms with Crippen molar-refractivity contribution in [3.05, 3.63) is 29.6 Å². The molecule has 1 unspecified atom stereocenters. The Kier molecular flexibility index (Phi) is 11.6. The number of nitrogens with one attached hydrogen (secondary N) is 1. The van der Waals surface area contributed by atoms with E-state index in [1.807, 2.05) is 0 Å². The minimum Gasteiger partial charge on any atom is -0.460 e. The first-order valence-electron chi connectivity index (χ1n) is 11.1. The topological polar surface area (TPSA) is 84.9 Å². The van der Waals surface area contributed by atoms with Gasteiger partial charge in [0.1, 0.15) is 23.1 Å². The zero-order valence-corrected chi connectivity index (χ0v) is 22.2. The van der Waals surface area contributed by atoms with Crippen molar-refractivity contribution in [2.45, 2.75) is 71.6 Å². The van der Waals surface area contributed by atoms with Crippen molar-refractivity contribution in [1.82, 2.24) is 5.32 Å². The summed E-state index contributed by atoms with van der Waals surface area (Å²) >= 11 is 11.6. The first-order chi connectivity index (χ1) is 15.7. The molecule has 0 aromatic heterocycles. The first-order valence-corrected chi connectivity index (χ1v) is 12.2. The van der Waals surface area contributed by atoms with Gasteiger partial charge < -0.3 is 19.7 Å². The molecule has 0 heterocycles. The lowest BCUT2D eigenvalue weighted by atomic mass is 10.1. The van der Waals surface area contributed by atoms with Gasteiger partial charge in [0, 0.05) is 37.0 Å². The highest BCUT2D eigenvalue weighted by Gasteiger charge is 2.29. The molecule has 0 aliphatic carbocycles. The van der Waals surface area contributed by atoms with Gasteiger partial charge in [-0.15, -0.1) is 23.2 Å². The Morgan fingerprint density at radius 2 is 1.56 bits per heavy atom. The van der Waals surface area contributed by atoms with Crippen molar-refractivity contribution in [1.29, 1.82) is 0 Å². The summed E-state index contributed by atoms with van der Waals surface area (Å²) in [6.45, 7) is 11.2. The second-order valence-corrected chi connectivity index (χ2v) is 10.5. The molecular formula is C24H35Cl2FN2O5. The standard InChI is InChI=1S/C24H35Cl2FN2O5/c1-23(2,3)33-20(30)10-9-19(22(32)34-24(4,5)6)28-21(31)17-8-7-16(15-18(17)27)29(13-11-25)14-12-26/h7-8,15,19H,9-14H2,1-6H3,(H,28,31). The van der Waals surface area contributed by atoms with Crippen molar-refractivity contribution >= 4 is 46.7 Å². The normalized spacial score (nSPS) is 12.6. The van der Waals surface area contributed by atoms with Crippen LogP contribution in [-0.4, -0.2) is 59.9 Å². The van der Waals surface area contributed by atoms with Gasteiger partial charge in [-0.2, -0.15) is 0 Å². The van der Waals surface area contributed by atoms with E-state index in [1.54, 1.807) is 52.5 Å². The second kappa shape index (κ2) is 13.1. The lowest BCUT2D eigenvalue weighted by Gasteiger charge is -2.25. The van der Waals surface area contributed by atoms with E-state index in [-0.39, 0.29) is 18.4 Å². The van der Waals surface area contributed by atoms with E-state index in [9.17, 15) is 18.8 Å². The van der Waals surface area contributed by atoms with Crippen LogP contribution in [0.5, 0.6) is 0 Å². The molecule has 0 bridgehead atoms. The molecule has 34 heavy (non-hydrogen) atoms. The minimum atomic E-state index is -1.16. The molecule has 0 fully saturated rings. The Hall–Kier alpha value is -2.06. The number of halogens is 3. The van der Waals surface area contributed by atoms with Crippen LogP contribution in [0.4, 0.5) is 10.1 Å². The fraction of sp³-hybridized carbons (Fsp3) is 0.625. The van der Waals surface area contributed by atoms with Crippen LogP contribution in [0.2, 0.25) is 0 Å². The van der Waals surface area contributed by atoms with Gasteiger partial charge in [0.15, 0.2) is 0 Å². The predicted molar refractivity (Wildman–Crippen MR) is 132 cm³/mol. The lowest BCUT2D eigenvalue weighted by molar-refractivity contribution is -0.158. The van der Waals surface area contributed by atoms with E-state index >= 15 is 0 Å². The Bertz CT molecular complexity index is 847. The van der Waals surface area contributed by atoms with Gasteiger partial charge >= 0.3 is 11.9 Å². The second-order valence-electron chi connectivity index (χ2n) is 9.71. The molecule has 0 saturated heterocycles. The van der Waals surface area contributed by atoms with E-state index in [1.165, 1.54) is 12.1 Å². The molecule has 0 spiro atoms. The van der Waals surface area contributed by atoms with E-state index in [0.29, 0.717) is 30.5 Å². The highest BCUT2D eigenvalue weighted by atomic mass is 35.5. The van der Waals surface area contributed by atoms with Crippen molar-refractivity contribution in [2.24, 2.45) is 0 Å². The number of nitrogens with zero attached hydrogens (tertiary/aromatic N) is 1. The summed E-state index contributed by atoms with van der Waals surface area (Å²) in [6.07, 6.45) is -0.191. The highest BCUT2D eigenvalue weighted by molar-refractivity contribution is 6.18. The van der Waals surface area contributed by atoms with E-state index < -0.39 is 40.9 Å². The number of hydrogen-bond donors (Lipinski definition) is 1. The number of esters is 2. The zero-order chi connectivity index (χ0) is 26.1. The minimum absolute atomic E-state index is 0.0610. The molecule has 0 radical (unpaired) electrons. The molecule has 10 heteroatoms. The fourth-order valence-electron chi connectivity index (χ4n) is 2.97. The summed E-state index contributed by atoms with van der Waals surface area (Å²) < 4.78 is 25.5. The summed E-state index contributed by atoms with van der Waals surface area (Å²) in [4.78, 5) is 39.4. The van der Waals surface area contributed by atoms with E-state index in [0.717, 1.165) is 0 Å². The van der Waals surface area contributed by atoms with Crippen LogP contribution in [0.15, 0.2) is 18.2 Å². The highest BCUT2D eigenvalue weighted by Crippen LogP contribution is 2.20. The van der Waals surface area contributed by atoms with Crippen LogP contribution in [0.25, 0.3) is 0 Å². The van der Waals surface area contributed by atoms with Crippen LogP contribution >= 0.6 is 23.2 Å². The van der Waals surface area contributed by atoms with E-state index in [2.05, 4.69) is 5.32 Å². The van der Waals surface area contributed by atoms with Gasteiger partial charge in [-0.1, -0.05) is 0 Å². The average molecular weight is 521 g/mol. The Balaban J connectivity index is 3.04. The average Bonchev–Trinajstić information content (AvgIpc) is 2.68. The third-order valence-corrected chi connectivity index (χ3v) is 4.66. The fourth-order valence-corrected chi connectivity index (χ4v) is 3.38. The van der Waals surface area contributed by atoms with Gasteiger partial charge in [0.05, 0.1) is 5.56 Å². The molecule has 0 saturated carbocycles. The number of anilines is 1. The van der Waals surface area contributed by atoms with E-state index in [4.69, 9.17) is 32.7 Å². The van der Waals surface area contributed by atoms with Crippen molar-refractivity contribution < 1.29 is 28.2 Å². The van der Waals surface area contributed by atoms with Crippen LogP contribution in [-0.2, 0) is 19.1 Å². The smallest absolute Gasteiger partial charge is 0.329 e. The van der Waals surface area contributed by atoms with Gasteiger partial charge in [-0.05, 0) is 66.2 Å². The molecule has 1 N–H and O–H groups in total. The molecule has 0 aliphatic heterocycles. The number of rotatable bonds is 11. The lowest BCUT2D eigenvalue weighted by Crippen LogP contribution is -2.44. The number of ether oxygens (including phenoxy) is 2. The number of benzene rings is 1. The maximum Gasteiger partial charge on any atom is 0.329 e. The third kappa shape index (κ3) is 10.9. The molecule has 0 aliphatic rings. The summed E-state index contributed by atoms with van der Waals surface area (Å²) in [5, 5.41) is 2.50. The van der Waals surface area contributed by atoms with Gasteiger partial charge in [-0.3, -0.25) is 9.59 Å². The third-order valence-electron chi connectivity index (χ3n) is 4.33. The monoisotopic (exact) mass is 520 g/mol. The zero-order valence-electron chi connectivity index (χ0n) is 20.7. The maximum atomic E-state index is 14.8. The number of amides is 1. The van der Waals surface area contributed by atoms with Crippen LogP contribution in [0, 0.1) is 5.82 Å². The van der Waals surface area contributed by atoms with Gasteiger partial charge in [0.25, 0.3) is 5.91 Å². The van der Waals surface area contributed by atoms with Crippen LogP contribution in [0.1, 0.15) is 64.7 Å². The molecule has 192 valence electrons. The molecular weight excluding hydrogens is 486 g/mol. The summed E-state index contributed by atoms with van der Waals surface area (Å²) in [5.41, 5.74) is -1.21. The van der Waals surface area contributed by atoms with Crippen molar-refractivity contribution in [3.8, 4) is 0 Å². The molecule has 7 nitrogen and oxygen atoms in total. The predicted octanol–water partition coefficient (Wildman–Crippen LogP) is 4.67. The molecule has 1 atom stereocenters. The Morgan fingerprint density at radius 1 is 1.00 bits per heavy atom. The van der Waals surface area contributed by atoms with Crippen molar-refractivity contribution in [3.63, 3.8) is 0 Å². The quantitative estimate of drug-likeness (QED) is 0.337.